The molecule has 0 aliphatic rings. The first kappa shape index (κ1) is 21.7. The molecule has 0 bridgehead atoms. The molecule has 0 aliphatic carbocycles. The zero-order chi connectivity index (χ0) is 21.5. The molecule has 0 fully saturated rings. The highest BCUT2D eigenvalue weighted by molar-refractivity contribution is 7.13. The lowest BCUT2D eigenvalue weighted by Crippen LogP contribution is -2.31. The normalized spacial score (nSPS) is 11.6. The average molecular weight is 445 g/mol. The van der Waals surface area contributed by atoms with Gasteiger partial charge in [0.15, 0.2) is 5.01 Å². The Morgan fingerprint density at radius 1 is 1.07 bits per heavy atom. The van der Waals surface area contributed by atoms with Crippen LogP contribution >= 0.6 is 22.9 Å². The monoisotopic (exact) mass is 444 g/mol. The highest BCUT2D eigenvalue weighted by atomic mass is 35.5. The summed E-state index contributed by atoms with van der Waals surface area (Å²) in [5.41, 5.74) is 1.10. The fourth-order valence-electron chi connectivity index (χ4n) is 2.38. The molecule has 7 nitrogen and oxygen atoms in total. The molecule has 1 heterocycles. The topological polar surface area (TPSA) is 93.2 Å². The third-order valence-corrected chi connectivity index (χ3v) is 5.38. The Kier molecular flexibility index (Phi) is 7.37. The summed E-state index contributed by atoms with van der Waals surface area (Å²) in [7, 11) is 0. The maximum absolute atomic E-state index is 12.4. The van der Waals surface area contributed by atoms with E-state index in [0.717, 1.165) is 17.8 Å². The Morgan fingerprint density at radius 2 is 1.77 bits per heavy atom. The molecule has 0 aliphatic heterocycles. The standard InChI is InChI=1S/C21H21ClN4O3S/c1-3-13(2)23-19(27)14-4-8-16(9-5-14)24-20(28)21-26-25-18(30-21)12-29-17-10-6-15(22)7-11-17/h4-11,13H,3,12H2,1-2H3,(H,23,27)(H,24,28). The summed E-state index contributed by atoms with van der Waals surface area (Å²) in [5, 5.41) is 15.0. The first-order valence-electron chi connectivity index (χ1n) is 9.37. The Balaban J connectivity index is 1.54. The molecule has 0 saturated heterocycles. The number of hydrogen-bond acceptors (Lipinski definition) is 6. The number of nitrogens with one attached hydrogen (secondary N) is 2. The van der Waals surface area contributed by atoms with E-state index in [4.69, 9.17) is 16.3 Å². The van der Waals surface area contributed by atoms with E-state index >= 15 is 0 Å². The molecule has 1 unspecified atom stereocenters. The van der Waals surface area contributed by atoms with Gasteiger partial charge in [0.25, 0.3) is 11.8 Å². The summed E-state index contributed by atoms with van der Waals surface area (Å²) in [6.45, 7) is 4.15. The van der Waals surface area contributed by atoms with E-state index in [-0.39, 0.29) is 29.5 Å². The van der Waals surface area contributed by atoms with Crippen LogP contribution in [0.4, 0.5) is 5.69 Å². The van der Waals surface area contributed by atoms with E-state index in [1.807, 2.05) is 13.8 Å². The fourth-order valence-corrected chi connectivity index (χ4v) is 3.15. The lowest BCUT2D eigenvalue weighted by Gasteiger charge is -2.11. The molecule has 2 N–H and O–H groups in total. The molecular formula is C21H21ClN4O3S. The molecule has 3 aromatic rings. The third kappa shape index (κ3) is 6.01. The van der Waals surface area contributed by atoms with Crippen LogP contribution in [0.5, 0.6) is 5.75 Å². The maximum Gasteiger partial charge on any atom is 0.286 e. The van der Waals surface area contributed by atoms with Crippen molar-refractivity contribution in [1.82, 2.24) is 15.5 Å². The van der Waals surface area contributed by atoms with Gasteiger partial charge in [-0.3, -0.25) is 9.59 Å². The van der Waals surface area contributed by atoms with Crippen molar-refractivity contribution in [2.24, 2.45) is 0 Å². The van der Waals surface area contributed by atoms with Crippen molar-refractivity contribution in [3.63, 3.8) is 0 Å². The summed E-state index contributed by atoms with van der Waals surface area (Å²) < 4.78 is 5.61. The van der Waals surface area contributed by atoms with Gasteiger partial charge < -0.3 is 15.4 Å². The van der Waals surface area contributed by atoms with E-state index < -0.39 is 0 Å². The molecule has 3 rings (SSSR count). The summed E-state index contributed by atoms with van der Waals surface area (Å²) in [4.78, 5) is 24.5. The Bertz CT molecular complexity index is 1010. The van der Waals surface area contributed by atoms with Crippen LogP contribution in [-0.2, 0) is 6.61 Å². The lowest BCUT2D eigenvalue weighted by molar-refractivity contribution is 0.0938. The number of amides is 2. The Hall–Kier alpha value is -2.97. The minimum atomic E-state index is -0.373. The molecule has 2 aromatic carbocycles. The number of benzene rings is 2. The van der Waals surface area contributed by atoms with Gasteiger partial charge in [-0.1, -0.05) is 29.9 Å². The van der Waals surface area contributed by atoms with Crippen molar-refractivity contribution in [1.29, 1.82) is 0 Å². The summed E-state index contributed by atoms with van der Waals surface area (Å²) in [5.74, 6) is 0.136. The second-order valence-corrected chi connectivity index (χ2v) is 8.06. The van der Waals surface area contributed by atoms with E-state index in [2.05, 4.69) is 20.8 Å². The van der Waals surface area contributed by atoms with Crippen LogP contribution in [0.1, 0.15) is 45.4 Å². The number of carbonyl (C=O) groups is 2. The van der Waals surface area contributed by atoms with Crippen LogP contribution < -0.4 is 15.4 Å². The summed E-state index contributed by atoms with van der Waals surface area (Å²) in [6.07, 6.45) is 0.856. The molecule has 30 heavy (non-hydrogen) atoms. The molecule has 2 amide bonds. The van der Waals surface area contributed by atoms with Gasteiger partial charge in [0.05, 0.1) is 0 Å². The molecular weight excluding hydrogens is 424 g/mol. The third-order valence-electron chi connectivity index (χ3n) is 4.23. The predicted molar refractivity (Wildman–Crippen MR) is 117 cm³/mol. The van der Waals surface area contributed by atoms with Gasteiger partial charge >= 0.3 is 0 Å². The number of hydrogen-bond donors (Lipinski definition) is 2. The summed E-state index contributed by atoms with van der Waals surface area (Å²) in [6, 6.07) is 13.8. The van der Waals surface area contributed by atoms with Gasteiger partial charge in [0.2, 0.25) is 5.01 Å². The van der Waals surface area contributed by atoms with Gasteiger partial charge in [0.1, 0.15) is 12.4 Å². The van der Waals surface area contributed by atoms with Crippen LogP contribution in [0.25, 0.3) is 0 Å². The minimum Gasteiger partial charge on any atom is -0.486 e. The number of aromatic nitrogens is 2. The van der Waals surface area contributed by atoms with Gasteiger partial charge in [-0.2, -0.15) is 0 Å². The molecule has 9 heteroatoms. The first-order valence-corrected chi connectivity index (χ1v) is 10.6. The van der Waals surface area contributed by atoms with Crippen molar-refractivity contribution in [2.75, 3.05) is 5.32 Å². The highest BCUT2D eigenvalue weighted by Gasteiger charge is 2.14. The number of carbonyl (C=O) groups excluding carboxylic acids is 2. The number of rotatable bonds is 8. The quantitative estimate of drug-likeness (QED) is 0.531. The van der Waals surface area contributed by atoms with Gasteiger partial charge in [-0.15, -0.1) is 10.2 Å². The van der Waals surface area contributed by atoms with Crippen molar-refractivity contribution in [2.45, 2.75) is 32.9 Å². The van der Waals surface area contributed by atoms with E-state index in [1.54, 1.807) is 48.5 Å². The predicted octanol–water partition coefficient (Wildman–Crippen LogP) is 4.55. The molecule has 0 spiro atoms. The highest BCUT2D eigenvalue weighted by Crippen LogP contribution is 2.19. The van der Waals surface area contributed by atoms with Crippen molar-refractivity contribution in [3.05, 3.63) is 69.1 Å². The first-order chi connectivity index (χ1) is 14.4. The SMILES string of the molecule is CCC(C)NC(=O)c1ccc(NC(=O)c2nnc(COc3ccc(Cl)cc3)s2)cc1. The number of ether oxygens (including phenoxy) is 1. The number of nitrogens with zero attached hydrogens (tertiary/aromatic N) is 2. The Morgan fingerprint density at radius 3 is 2.43 bits per heavy atom. The van der Waals surface area contributed by atoms with E-state index in [0.29, 0.717) is 27.0 Å². The van der Waals surface area contributed by atoms with Crippen LogP contribution in [0.2, 0.25) is 5.02 Å². The van der Waals surface area contributed by atoms with Crippen molar-refractivity contribution < 1.29 is 14.3 Å². The maximum atomic E-state index is 12.4. The molecule has 1 aromatic heterocycles. The van der Waals surface area contributed by atoms with Crippen LogP contribution in [-0.4, -0.2) is 28.1 Å². The zero-order valence-corrected chi connectivity index (χ0v) is 18.1. The number of halogens is 1. The van der Waals surface area contributed by atoms with Crippen molar-refractivity contribution >= 4 is 40.4 Å². The van der Waals surface area contributed by atoms with Gasteiger partial charge in [0, 0.05) is 22.3 Å². The van der Waals surface area contributed by atoms with E-state index in [9.17, 15) is 9.59 Å². The second kappa shape index (κ2) is 10.2. The minimum absolute atomic E-state index is 0.104. The van der Waals surface area contributed by atoms with Crippen LogP contribution in [0.3, 0.4) is 0 Å². The number of anilines is 1. The lowest BCUT2D eigenvalue weighted by atomic mass is 10.1. The van der Waals surface area contributed by atoms with Gasteiger partial charge in [-0.25, -0.2) is 0 Å². The van der Waals surface area contributed by atoms with Crippen LogP contribution in [0.15, 0.2) is 48.5 Å². The molecule has 0 radical (unpaired) electrons. The molecule has 1 atom stereocenters. The zero-order valence-electron chi connectivity index (χ0n) is 16.5. The molecule has 0 saturated carbocycles. The molecule has 156 valence electrons. The largest absolute Gasteiger partial charge is 0.486 e. The Labute approximate surface area is 183 Å². The van der Waals surface area contributed by atoms with Gasteiger partial charge in [-0.05, 0) is 61.9 Å². The average Bonchev–Trinajstić information content (AvgIpc) is 3.23. The van der Waals surface area contributed by atoms with E-state index in [1.165, 1.54) is 0 Å². The second-order valence-electron chi connectivity index (χ2n) is 6.56. The van der Waals surface area contributed by atoms with Crippen LogP contribution in [0, 0.1) is 0 Å². The van der Waals surface area contributed by atoms with Crippen molar-refractivity contribution in [3.8, 4) is 5.75 Å². The summed E-state index contributed by atoms with van der Waals surface area (Å²) >= 11 is 6.99. The smallest absolute Gasteiger partial charge is 0.286 e. The fraction of sp³-hybridized carbons (Fsp3) is 0.238.